The van der Waals surface area contributed by atoms with Gasteiger partial charge in [0, 0.05) is 12.9 Å². The van der Waals surface area contributed by atoms with E-state index in [9.17, 15) is 70.7 Å². The molecule has 26 heavy (non-hydrogen) atoms. The molecule has 0 atom stereocenters. The zero-order valence-electron chi connectivity index (χ0n) is 10.9. The molecule has 0 bridgehead atoms. The molecule has 0 saturated carbocycles. The maximum absolute atomic E-state index is 13.0. The molecule has 0 N–H and O–H groups in total. The molecule has 2 nitrogen and oxygen atoms in total. The Balaban J connectivity index is 6.56. The molecular weight excluding hydrogens is 445 g/mol. The van der Waals surface area contributed by atoms with Crippen LogP contribution in [0.2, 0.25) is 0 Å². The van der Waals surface area contributed by atoms with Gasteiger partial charge in [-0.25, -0.2) is 4.79 Å². The number of rotatable bonds is 6. The van der Waals surface area contributed by atoms with Crippen molar-refractivity contribution in [1.29, 1.82) is 0 Å². The lowest BCUT2D eigenvalue weighted by atomic mass is 9.91. The van der Waals surface area contributed by atoms with E-state index in [-0.39, 0.29) is 0 Å². The van der Waals surface area contributed by atoms with E-state index in [1.807, 2.05) is 0 Å². The summed E-state index contributed by atoms with van der Waals surface area (Å²) in [5.74, 6) is -52.0. The lowest BCUT2D eigenvalue weighted by Gasteiger charge is -2.40. The van der Waals surface area contributed by atoms with E-state index in [1.54, 1.807) is 0 Å². The molecule has 156 valence electrons. The van der Waals surface area contributed by atoms with Crippen molar-refractivity contribution >= 4 is 18.9 Å². The van der Waals surface area contributed by atoms with E-state index in [0.717, 1.165) is 0 Å². The quantitative estimate of drug-likeness (QED) is 0.362. The number of thiol groups is 1. The summed E-state index contributed by atoms with van der Waals surface area (Å²) < 4.78 is 191. The summed E-state index contributed by atoms with van der Waals surface area (Å²) >= 11 is 2.14. The molecule has 0 aromatic heterocycles. The first kappa shape index (κ1) is 24.8. The number of carbonyl (C=O) groups is 1. The van der Waals surface area contributed by atoms with Gasteiger partial charge < -0.3 is 4.18 Å². The van der Waals surface area contributed by atoms with Gasteiger partial charge in [-0.15, -0.1) is 0 Å². The molecule has 0 radical (unpaired) electrons. The van der Waals surface area contributed by atoms with Crippen molar-refractivity contribution in [3.8, 4) is 0 Å². The van der Waals surface area contributed by atoms with E-state index in [1.165, 1.54) is 0 Å². The SMILES string of the molecule is O=C(OS)C(F)(F)C(F)(F)C(F)(F)C(F)(F)C(F)(F)C(F)(F)C(F)(F)F. The van der Waals surface area contributed by atoms with Gasteiger partial charge in [-0.05, 0) is 0 Å². The number of halogens is 15. The van der Waals surface area contributed by atoms with Gasteiger partial charge in [0.15, 0.2) is 0 Å². The fourth-order valence-corrected chi connectivity index (χ4v) is 1.27. The molecule has 0 unspecified atom stereocenters. The Labute approximate surface area is 136 Å². The van der Waals surface area contributed by atoms with Gasteiger partial charge in [-0.3, -0.25) is 0 Å². The molecule has 0 saturated heterocycles. The highest BCUT2D eigenvalue weighted by atomic mass is 32.1. The summed E-state index contributed by atoms with van der Waals surface area (Å²) in [5, 5.41) is 0. The van der Waals surface area contributed by atoms with Crippen LogP contribution in [0.25, 0.3) is 0 Å². The number of carbonyl (C=O) groups excluding carboxylic acids is 1. The van der Waals surface area contributed by atoms with Gasteiger partial charge in [-0.2, -0.15) is 65.9 Å². The van der Waals surface area contributed by atoms with Crippen LogP contribution in [0.4, 0.5) is 65.9 Å². The third-order valence-corrected chi connectivity index (χ3v) is 2.83. The minimum atomic E-state index is -8.44. The van der Waals surface area contributed by atoms with Crippen LogP contribution in [0.3, 0.4) is 0 Å². The number of alkyl halides is 15. The molecule has 0 aliphatic carbocycles. The molecule has 0 aromatic rings. The standard InChI is InChI=1S/C8HF15O2S/c9-2(10,1(24)25-26)3(11,12)4(13,14)5(15,16)6(17,18)7(19,20)8(21,22)23/h26H. The monoisotopic (exact) mass is 446 g/mol. The van der Waals surface area contributed by atoms with E-state index in [0.29, 0.717) is 0 Å². The van der Waals surface area contributed by atoms with Gasteiger partial charge in [-0.1, -0.05) is 0 Å². The first-order valence-corrected chi connectivity index (χ1v) is 5.54. The molecule has 0 fully saturated rings. The number of hydrogen-bond acceptors (Lipinski definition) is 3. The van der Waals surface area contributed by atoms with Crippen LogP contribution in [-0.4, -0.2) is 47.7 Å². The molecule has 0 rings (SSSR count). The highest BCUT2D eigenvalue weighted by molar-refractivity contribution is 7.75. The second-order valence-corrected chi connectivity index (χ2v) is 4.51. The van der Waals surface area contributed by atoms with Gasteiger partial charge in [0.2, 0.25) is 0 Å². The Morgan fingerprint density at radius 2 is 0.808 bits per heavy atom. The third kappa shape index (κ3) is 2.92. The van der Waals surface area contributed by atoms with Crippen molar-refractivity contribution in [2.75, 3.05) is 0 Å². The molecule has 0 heterocycles. The third-order valence-electron chi connectivity index (χ3n) is 2.67. The summed E-state index contributed by atoms with van der Waals surface area (Å²) in [6.07, 6.45) is -7.68. The lowest BCUT2D eigenvalue weighted by Crippen LogP contribution is -2.73. The molecule has 0 amide bonds. The Hall–Kier alpha value is -1.23. The molecule has 0 spiro atoms. The molecule has 0 aliphatic heterocycles. The Bertz CT molecular complexity index is 550. The molecule has 0 aromatic carbocycles. The van der Waals surface area contributed by atoms with Crippen molar-refractivity contribution in [3.63, 3.8) is 0 Å². The van der Waals surface area contributed by atoms with Crippen LogP contribution in [0, 0.1) is 0 Å². The summed E-state index contributed by atoms with van der Waals surface area (Å²) in [5.41, 5.74) is 0. The fraction of sp³-hybridized carbons (Fsp3) is 0.875. The van der Waals surface area contributed by atoms with E-state index >= 15 is 0 Å². The Kier molecular flexibility index (Phi) is 5.86. The molecule has 0 aliphatic rings. The van der Waals surface area contributed by atoms with Crippen LogP contribution < -0.4 is 0 Å². The van der Waals surface area contributed by atoms with Crippen molar-refractivity contribution < 1.29 is 74.8 Å². The van der Waals surface area contributed by atoms with Gasteiger partial charge in [0.1, 0.15) is 0 Å². The Morgan fingerprint density at radius 1 is 0.538 bits per heavy atom. The van der Waals surface area contributed by atoms with Crippen molar-refractivity contribution in [3.05, 3.63) is 0 Å². The maximum atomic E-state index is 13.0. The summed E-state index contributed by atoms with van der Waals surface area (Å²) in [7, 11) is 0. The van der Waals surface area contributed by atoms with E-state index < -0.39 is 47.7 Å². The normalized spacial score (nSPS) is 15.8. The van der Waals surface area contributed by atoms with Gasteiger partial charge >= 0.3 is 47.7 Å². The second-order valence-electron chi connectivity index (χ2n) is 4.32. The summed E-state index contributed by atoms with van der Waals surface area (Å²) in [4.78, 5) is 10.2. The first-order valence-electron chi connectivity index (χ1n) is 5.18. The molecule has 18 heteroatoms. The predicted molar refractivity (Wildman–Crippen MR) is 50.8 cm³/mol. The zero-order valence-corrected chi connectivity index (χ0v) is 11.8. The largest absolute Gasteiger partial charge is 0.460 e. The number of hydrogen-bond donors (Lipinski definition) is 1. The van der Waals surface area contributed by atoms with Crippen LogP contribution in [0.15, 0.2) is 0 Å². The van der Waals surface area contributed by atoms with Crippen molar-refractivity contribution in [1.82, 2.24) is 0 Å². The van der Waals surface area contributed by atoms with Crippen molar-refractivity contribution in [2.45, 2.75) is 41.7 Å². The van der Waals surface area contributed by atoms with E-state index in [2.05, 4.69) is 17.1 Å². The zero-order chi connectivity index (χ0) is 21.8. The maximum Gasteiger partial charge on any atom is 0.460 e. The molecular formula is C8HF15O2S. The smallest absolute Gasteiger partial charge is 0.390 e. The van der Waals surface area contributed by atoms with Crippen molar-refractivity contribution in [2.24, 2.45) is 0 Å². The average molecular weight is 446 g/mol. The van der Waals surface area contributed by atoms with Crippen LogP contribution in [0.5, 0.6) is 0 Å². The average Bonchev–Trinajstić information content (AvgIpc) is 2.43. The van der Waals surface area contributed by atoms with Crippen LogP contribution >= 0.6 is 12.9 Å². The van der Waals surface area contributed by atoms with Gasteiger partial charge in [0.25, 0.3) is 0 Å². The second kappa shape index (κ2) is 6.15. The van der Waals surface area contributed by atoms with Crippen LogP contribution in [-0.2, 0) is 8.98 Å². The first-order chi connectivity index (χ1) is 11.0. The highest BCUT2D eigenvalue weighted by Gasteiger charge is 2.94. The van der Waals surface area contributed by atoms with Gasteiger partial charge in [0.05, 0.1) is 0 Å². The summed E-state index contributed by atoms with van der Waals surface area (Å²) in [6.45, 7) is 0. The Morgan fingerprint density at radius 3 is 1.08 bits per heavy atom. The van der Waals surface area contributed by atoms with Crippen LogP contribution in [0.1, 0.15) is 0 Å². The minimum Gasteiger partial charge on any atom is -0.390 e. The fourth-order valence-electron chi connectivity index (χ4n) is 1.15. The minimum absolute atomic E-state index is 2.14. The summed E-state index contributed by atoms with van der Waals surface area (Å²) in [6, 6.07) is 0. The van der Waals surface area contributed by atoms with E-state index in [4.69, 9.17) is 0 Å². The topological polar surface area (TPSA) is 26.3 Å². The predicted octanol–water partition coefficient (Wildman–Crippen LogP) is 4.75. The highest BCUT2D eigenvalue weighted by Crippen LogP contribution is 2.62. The lowest BCUT2D eigenvalue weighted by molar-refractivity contribution is -0.450.